The Labute approximate surface area is 223 Å². The molecule has 0 heterocycles. The first-order chi connectivity index (χ1) is 18.2. The summed E-state index contributed by atoms with van der Waals surface area (Å²) < 4.78 is 28.6. The number of aliphatic hydroxyl groups is 1. The van der Waals surface area contributed by atoms with E-state index in [1.54, 1.807) is 0 Å². The summed E-state index contributed by atoms with van der Waals surface area (Å²) in [5, 5.41) is 53.4. The van der Waals surface area contributed by atoms with Crippen molar-refractivity contribution in [2.24, 2.45) is 17.3 Å². The second kappa shape index (κ2) is 9.12. The second-order valence-electron chi connectivity index (χ2n) is 11.1. The van der Waals surface area contributed by atoms with E-state index in [9.17, 15) is 43.2 Å². The minimum Gasteiger partial charge on any atom is -0.506 e. The quantitative estimate of drug-likeness (QED) is 0.222. The standard InChI is InChI=1S/C26H28N2O10S/c29-18-7-15(22(30)31)4-5-16(18)28-39(37,38)19-3-1-2-17(20(19)23(32)33)27-21(24(34)35)25-8-13-6-14(9-25)11-26(36,10-13)12-25/h1-5,7,13-14,21,27-29,36H,6,8-12H2,(H,30,31)(H,32,33)(H,34,35). The Hall–Kier alpha value is -3.84. The van der Waals surface area contributed by atoms with E-state index in [2.05, 4.69) is 10.0 Å². The number of benzene rings is 2. The molecule has 13 heteroatoms. The number of carboxylic acids is 3. The zero-order valence-electron chi connectivity index (χ0n) is 20.6. The van der Waals surface area contributed by atoms with E-state index in [1.807, 2.05) is 0 Å². The molecule has 2 aromatic rings. The zero-order valence-corrected chi connectivity index (χ0v) is 21.4. The van der Waals surface area contributed by atoms with Crippen LogP contribution in [0.25, 0.3) is 0 Å². The van der Waals surface area contributed by atoms with Crippen LogP contribution in [0.5, 0.6) is 5.75 Å². The van der Waals surface area contributed by atoms with E-state index in [4.69, 9.17) is 5.11 Å². The van der Waals surface area contributed by atoms with Gasteiger partial charge in [0.25, 0.3) is 10.0 Å². The Morgan fingerprint density at radius 1 is 0.923 bits per heavy atom. The van der Waals surface area contributed by atoms with Crippen LogP contribution < -0.4 is 10.0 Å². The summed E-state index contributed by atoms with van der Waals surface area (Å²) >= 11 is 0. The molecule has 3 atom stereocenters. The monoisotopic (exact) mass is 560 g/mol. The molecule has 6 rings (SSSR count). The molecule has 0 aliphatic heterocycles. The van der Waals surface area contributed by atoms with E-state index < -0.39 is 61.2 Å². The van der Waals surface area contributed by atoms with Crippen LogP contribution >= 0.6 is 0 Å². The van der Waals surface area contributed by atoms with Gasteiger partial charge in [0, 0.05) is 5.41 Å². The molecule has 0 spiro atoms. The Kier molecular flexibility index (Phi) is 6.26. The van der Waals surface area contributed by atoms with Gasteiger partial charge in [0.15, 0.2) is 0 Å². The number of aliphatic carboxylic acids is 1. The molecule has 12 nitrogen and oxygen atoms in total. The number of aromatic hydroxyl groups is 1. The van der Waals surface area contributed by atoms with Crippen molar-refractivity contribution >= 4 is 39.3 Å². The summed E-state index contributed by atoms with van der Waals surface area (Å²) in [5.74, 6) is -4.56. The molecule has 4 saturated carbocycles. The number of hydrogen-bond donors (Lipinski definition) is 7. The lowest BCUT2D eigenvalue weighted by molar-refractivity contribution is -0.177. The predicted molar refractivity (Wildman–Crippen MR) is 136 cm³/mol. The molecular formula is C26H28N2O10S. The SMILES string of the molecule is O=C(O)c1ccc(NS(=O)(=O)c2cccc(NC(C(=O)O)C34CC5CC(CC(O)(C5)C3)C4)c2C(=O)O)c(O)c1. The summed E-state index contributed by atoms with van der Waals surface area (Å²) in [7, 11) is -4.64. The smallest absolute Gasteiger partial charge is 0.339 e. The van der Waals surface area contributed by atoms with Gasteiger partial charge in [-0.3, -0.25) is 4.72 Å². The normalized spacial score (nSPS) is 28.0. The lowest BCUT2D eigenvalue weighted by atomic mass is 9.46. The van der Waals surface area contributed by atoms with Crippen molar-refractivity contribution in [1.29, 1.82) is 0 Å². The number of rotatable bonds is 9. The molecule has 0 aromatic heterocycles. The Morgan fingerprint density at radius 2 is 1.59 bits per heavy atom. The van der Waals surface area contributed by atoms with Gasteiger partial charge in [0.1, 0.15) is 22.3 Å². The number of anilines is 2. The van der Waals surface area contributed by atoms with Gasteiger partial charge in [-0.25, -0.2) is 22.8 Å². The molecule has 3 unspecified atom stereocenters. The number of nitrogens with one attached hydrogen (secondary N) is 2. The maximum absolute atomic E-state index is 13.3. The van der Waals surface area contributed by atoms with Crippen molar-refractivity contribution in [1.82, 2.24) is 0 Å². The van der Waals surface area contributed by atoms with Crippen LogP contribution in [-0.2, 0) is 14.8 Å². The molecule has 7 N–H and O–H groups in total. The summed E-state index contributed by atoms with van der Waals surface area (Å²) in [4.78, 5) is 35.3. The van der Waals surface area contributed by atoms with E-state index in [0.29, 0.717) is 25.7 Å². The Morgan fingerprint density at radius 3 is 2.13 bits per heavy atom. The molecule has 4 aliphatic rings. The minimum absolute atomic E-state index is 0.162. The summed E-state index contributed by atoms with van der Waals surface area (Å²) in [5.41, 5.74) is -3.37. The van der Waals surface area contributed by atoms with Gasteiger partial charge in [-0.05, 0) is 80.7 Å². The fraction of sp³-hybridized carbons (Fsp3) is 0.423. The molecule has 208 valence electrons. The molecule has 39 heavy (non-hydrogen) atoms. The van der Waals surface area contributed by atoms with Crippen molar-refractivity contribution in [3.05, 3.63) is 47.5 Å². The van der Waals surface area contributed by atoms with E-state index in [0.717, 1.165) is 30.7 Å². The van der Waals surface area contributed by atoms with Crippen LogP contribution in [0.1, 0.15) is 59.2 Å². The molecule has 0 saturated heterocycles. The Balaban J connectivity index is 1.51. The molecular weight excluding hydrogens is 532 g/mol. The summed E-state index contributed by atoms with van der Waals surface area (Å²) in [6.07, 6.45) is 3.50. The largest absolute Gasteiger partial charge is 0.506 e. The van der Waals surface area contributed by atoms with Gasteiger partial charge >= 0.3 is 17.9 Å². The lowest BCUT2D eigenvalue weighted by Gasteiger charge is -2.61. The van der Waals surface area contributed by atoms with Crippen molar-refractivity contribution in [2.45, 2.75) is 55.1 Å². The molecule has 0 radical (unpaired) electrons. The van der Waals surface area contributed by atoms with Crippen LogP contribution in [0.15, 0.2) is 41.3 Å². The highest BCUT2D eigenvalue weighted by atomic mass is 32.2. The average molecular weight is 561 g/mol. The number of hydrogen-bond acceptors (Lipinski definition) is 8. The molecule has 0 amide bonds. The number of aromatic carboxylic acids is 2. The van der Waals surface area contributed by atoms with Gasteiger partial charge in [-0.15, -0.1) is 0 Å². The minimum atomic E-state index is -4.64. The van der Waals surface area contributed by atoms with E-state index >= 15 is 0 Å². The first kappa shape index (κ1) is 26.8. The number of sulfonamides is 1. The highest BCUT2D eigenvalue weighted by Crippen LogP contribution is 2.63. The fourth-order valence-electron chi connectivity index (χ4n) is 7.30. The van der Waals surface area contributed by atoms with Gasteiger partial charge in [0.05, 0.1) is 22.5 Å². The number of phenolic OH excluding ortho intramolecular Hbond substituents is 1. The third-order valence-corrected chi connectivity index (χ3v) is 9.66. The summed E-state index contributed by atoms with van der Waals surface area (Å²) in [6.45, 7) is 0. The predicted octanol–water partition coefficient (Wildman–Crippen LogP) is 2.79. The van der Waals surface area contributed by atoms with Crippen LogP contribution in [0.2, 0.25) is 0 Å². The molecule has 4 bridgehead atoms. The van der Waals surface area contributed by atoms with Crippen molar-refractivity contribution < 1.29 is 48.3 Å². The number of carboxylic acid groups (broad SMARTS) is 3. The molecule has 4 fully saturated rings. The fourth-order valence-corrected chi connectivity index (χ4v) is 8.60. The Bertz CT molecular complexity index is 1470. The van der Waals surface area contributed by atoms with Crippen molar-refractivity contribution in [3.63, 3.8) is 0 Å². The highest BCUT2D eigenvalue weighted by Gasteiger charge is 2.61. The van der Waals surface area contributed by atoms with Crippen LogP contribution in [0, 0.1) is 17.3 Å². The first-order valence-electron chi connectivity index (χ1n) is 12.4. The number of carbonyl (C=O) groups is 3. The third-order valence-electron chi connectivity index (χ3n) is 8.25. The molecule has 2 aromatic carbocycles. The zero-order chi connectivity index (χ0) is 28.3. The third kappa shape index (κ3) is 4.76. The van der Waals surface area contributed by atoms with Crippen molar-refractivity contribution in [2.75, 3.05) is 10.0 Å². The first-order valence-corrected chi connectivity index (χ1v) is 13.9. The van der Waals surface area contributed by atoms with E-state index in [1.165, 1.54) is 12.1 Å². The van der Waals surface area contributed by atoms with Gasteiger partial charge in [0.2, 0.25) is 0 Å². The second-order valence-corrected chi connectivity index (χ2v) is 12.7. The van der Waals surface area contributed by atoms with Gasteiger partial charge < -0.3 is 30.8 Å². The molecule has 4 aliphatic carbocycles. The maximum Gasteiger partial charge on any atom is 0.339 e. The van der Waals surface area contributed by atoms with Gasteiger partial charge in [-0.1, -0.05) is 6.07 Å². The van der Waals surface area contributed by atoms with Crippen LogP contribution in [-0.4, -0.2) is 63.5 Å². The van der Waals surface area contributed by atoms with Crippen molar-refractivity contribution in [3.8, 4) is 5.75 Å². The summed E-state index contributed by atoms with van der Waals surface area (Å²) in [6, 6.07) is 5.24. The van der Waals surface area contributed by atoms with Gasteiger partial charge in [-0.2, -0.15) is 0 Å². The maximum atomic E-state index is 13.3. The average Bonchev–Trinajstić information content (AvgIpc) is 2.81. The number of phenols is 1. The van der Waals surface area contributed by atoms with Crippen LogP contribution in [0.3, 0.4) is 0 Å². The lowest BCUT2D eigenvalue weighted by Crippen LogP contribution is -2.62. The highest BCUT2D eigenvalue weighted by molar-refractivity contribution is 7.92. The topological polar surface area (TPSA) is 211 Å². The van der Waals surface area contributed by atoms with E-state index in [-0.39, 0.29) is 35.2 Å². The van der Waals surface area contributed by atoms with Crippen LogP contribution in [0.4, 0.5) is 11.4 Å².